The molecule has 0 unspecified atom stereocenters. The summed E-state index contributed by atoms with van der Waals surface area (Å²) in [5, 5.41) is 5.55. The van der Waals surface area contributed by atoms with E-state index in [1.807, 2.05) is 24.4 Å². The Labute approximate surface area is 174 Å². The van der Waals surface area contributed by atoms with Gasteiger partial charge in [0.1, 0.15) is 10.6 Å². The number of nitrogens with one attached hydrogen (secondary N) is 1. The Morgan fingerprint density at radius 3 is 2.93 bits per heavy atom. The van der Waals surface area contributed by atoms with Crippen LogP contribution in [0.4, 0.5) is 5.82 Å². The molecule has 3 aromatic rings. The standard InChI is InChI=1S/C21H26N4OS2/c1-4-10-27-20-24-18(23-12-14-8-6-7-9-22-14)17-15-11-21(3,5-2)26-13-16(15)28-19(17)25-20/h6-9H,4-5,10-13H2,1-3H3,(H,23,24,25)/t21-/m1/s1. The zero-order valence-electron chi connectivity index (χ0n) is 16.6. The smallest absolute Gasteiger partial charge is 0.190 e. The number of fused-ring (bicyclic) bond motifs is 3. The molecule has 0 amide bonds. The summed E-state index contributed by atoms with van der Waals surface area (Å²) < 4.78 is 6.16. The van der Waals surface area contributed by atoms with Gasteiger partial charge in [-0.05, 0) is 37.5 Å². The number of thioether (sulfide) groups is 1. The second-order valence-electron chi connectivity index (χ2n) is 7.33. The van der Waals surface area contributed by atoms with E-state index in [4.69, 9.17) is 14.7 Å². The van der Waals surface area contributed by atoms with Crippen molar-refractivity contribution in [2.45, 2.75) is 63.9 Å². The number of aromatic nitrogens is 3. The number of ether oxygens (including phenoxy) is 1. The highest BCUT2D eigenvalue weighted by molar-refractivity contribution is 7.99. The molecule has 28 heavy (non-hydrogen) atoms. The van der Waals surface area contributed by atoms with Crippen LogP contribution in [0.3, 0.4) is 0 Å². The third-order valence-electron chi connectivity index (χ3n) is 5.16. The van der Waals surface area contributed by atoms with Gasteiger partial charge in [-0.15, -0.1) is 11.3 Å². The molecule has 4 rings (SSSR count). The normalized spacial score (nSPS) is 19.0. The van der Waals surface area contributed by atoms with Crippen LogP contribution in [-0.4, -0.2) is 26.3 Å². The summed E-state index contributed by atoms with van der Waals surface area (Å²) in [5.41, 5.74) is 2.24. The molecule has 7 heteroatoms. The van der Waals surface area contributed by atoms with Crippen molar-refractivity contribution in [2.75, 3.05) is 11.1 Å². The van der Waals surface area contributed by atoms with Gasteiger partial charge in [0.05, 0.1) is 29.8 Å². The fourth-order valence-corrected chi connectivity index (χ4v) is 5.20. The average Bonchev–Trinajstić information content (AvgIpc) is 3.08. The molecule has 4 heterocycles. The van der Waals surface area contributed by atoms with Gasteiger partial charge in [-0.1, -0.05) is 31.7 Å². The molecule has 5 nitrogen and oxygen atoms in total. The molecule has 1 atom stereocenters. The number of nitrogens with zero attached hydrogens (tertiary/aromatic N) is 3. The number of hydrogen-bond acceptors (Lipinski definition) is 7. The second kappa shape index (κ2) is 8.35. The van der Waals surface area contributed by atoms with Gasteiger partial charge in [-0.25, -0.2) is 9.97 Å². The van der Waals surface area contributed by atoms with Gasteiger partial charge in [0.15, 0.2) is 5.16 Å². The average molecular weight is 415 g/mol. The molecule has 0 saturated carbocycles. The first-order valence-electron chi connectivity index (χ1n) is 9.84. The molecular formula is C21H26N4OS2. The SMILES string of the molecule is CCCSc1nc(NCc2ccccn2)c2c3c(sc2n1)CO[C@](C)(CC)C3. The van der Waals surface area contributed by atoms with Gasteiger partial charge in [-0.2, -0.15) is 0 Å². The largest absolute Gasteiger partial charge is 0.369 e. The molecule has 0 saturated heterocycles. The van der Waals surface area contributed by atoms with Gasteiger partial charge < -0.3 is 10.1 Å². The molecular weight excluding hydrogens is 388 g/mol. The van der Waals surface area contributed by atoms with Gasteiger partial charge in [0.2, 0.25) is 0 Å². The summed E-state index contributed by atoms with van der Waals surface area (Å²) in [6.07, 6.45) is 4.83. The second-order valence-corrected chi connectivity index (χ2v) is 9.48. The molecule has 148 valence electrons. The first-order valence-corrected chi connectivity index (χ1v) is 11.6. The van der Waals surface area contributed by atoms with Crippen LogP contribution in [0.1, 0.15) is 49.7 Å². The highest BCUT2D eigenvalue weighted by Crippen LogP contribution is 2.42. The summed E-state index contributed by atoms with van der Waals surface area (Å²) in [6, 6.07) is 5.98. The van der Waals surface area contributed by atoms with Crippen molar-refractivity contribution >= 4 is 39.1 Å². The Kier molecular flexibility index (Phi) is 5.85. The lowest BCUT2D eigenvalue weighted by Gasteiger charge is -2.33. The molecule has 0 bridgehead atoms. The van der Waals surface area contributed by atoms with E-state index >= 15 is 0 Å². The van der Waals surface area contributed by atoms with Crippen LogP contribution in [0.2, 0.25) is 0 Å². The van der Waals surface area contributed by atoms with E-state index in [0.717, 1.165) is 46.5 Å². The van der Waals surface area contributed by atoms with Crippen molar-refractivity contribution in [3.8, 4) is 0 Å². The van der Waals surface area contributed by atoms with Crippen molar-refractivity contribution in [3.63, 3.8) is 0 Å². The molecule has 1 aliphatic heterocycles. The van der Waals surface area contributed by atoms with Crippen LogP contribution in [-0.2, 0) is 24.3 Å². The third-order valence-corrected chi connectivity index (χ3v) is 7.31. The molecule has 0 aromatic carbocycles. The summed E-state index contributed by atoms with van der Waals surface area (Å²) in [4.78, 5) is 16.5. The lowest BCUT2D eigenvalue weighted by atomic mass is 9.90. The maximum Gasteiger partial charge on any atom is 0.190 e. The predicted octanol–water partition coefficient (Wildman–Crippen LogP) is 5.44. The van der Waals surface area contributed by atoms with Crippen molar-refractivity contribution < 1.29 is 4.74 Å². The maximum atomic E-state index is 6.16. The van der Waals surface area contributed by atoms with Crippen molar-refractivity contribution in [3.05, 3.63) is 40.5 Å². The minimum Gasteiger partial charge on any atom is -0.369 e. The highest BCUT2D eigenvalue weighted by Gasteiger charge is 2.33. The molecule has 1 N–H and O–H groups in total. The van der Waals surface area contributed by atoms with Crippen LogP contribution >= 0.6 is 23.1 Å². The van der Waals surface area contributed by atoms with Gasteiger partial charge in [0.25, 0.3) is 0 Å². The molecule has 0 spiro atoms. The molecule has 0 radical (unpaired) electrons. The number of rotatable bonds is 7. The topological polar surface area (TPSA) is 59.9 Å². The molecule has 0 fully saturated rings. The maximum absolute atomic E-state index is 6.16. The number of thiophene rings is 1. The molecule has 3 aromatic heterocycles. The first-order chi connectivity index (χ1) is 13.6. The van der Waals surface area contributed by atoms with E-state index in [1.54, 1.807) is 23.1 Å². The fraction of sp³-hybridized carbons (Fsp3) is 0.476. The Morgan fingerprint density at radius 2 is 2.18 bits per heavy atom. The zero-order valence-corrected chi connectivity index (χ0v) is 18.3. The minimum atomic E-state index is -0.116. The Balaban J connectivity index is 1.74. The zero-order chi connectivity index (χ0) is 19.6. The quantitative estimate of drug-likeness (QED) is 0.410. The monoisotopic (exact) mass is 414 g/mol. The van der Waals surface area contributed by atoms with Crippen molar-refractivity contribution in [1.29, 1.82) is 0 Å². The minimum absolute atomic E-state index is 0.116. The van der Waals surface area contributed by atoms with Crippen molar-refractivity contribution in [2.24, 2.45) is 0 Å². The van der Waals surface area contributed by atoms with E-state index in [-0.39, 0.29) is 5.60 Å². The van der Waals surface area contributed by atoms with E-state index < -0.39 is 0 Å². The fourth-order valence-electron chi connectivity index (χ4n) is 3.34. The lowest BCUT2D eigenvalue weighted by molar-refractivity contribution is -0.0542. The Hall–Kier alpha value is -1.70. The highest BCUT2D eigenvalue weighted by atomic mass is 32.2. The van der Waals surface area contributed by atoms with Crippen LogP contribution in [0.5, 0.6) is 0 Å². The number of anilines is 1. The summed E-state index contributed by atoms with van der Waals surface area (Å²) in [5.74, 6) is 1.94. The summed E-state index contributed by atoms with van der Waals surface area (Å²) >= 11 is 3.47. The van der Waals surface area contributed by atoms with Crippen LogP contribution < -0.4 is 5.32 Å². The van der Waals surface area contributed by atoms with Gasteiger partial charge in [-0.3, -0.25) is 4.98 Å². The van der Waals surface area contributed by atoms with E-state index in [0.29, 0.717) is 13.2 Å². The van der Waals surface area contributed by atoms with Crippen LogP contribution in [0.15, 0.2) is 29.6 Å². The summed E-state index contributed by atoms with van der Waals surface area (Å²) in [6.45, 7) is 7.88. The van der Waals surface area contributed by atoms with Crippen LogP contribution in [0, 0.1) is 0 Å². The number of hydrogen-bond donors (Lipinski definition) is 1. The Bertz CT molecular complexity index is 960. The predicted molar refractivity (Wildman–Crippen MR) is 117 cm³/mol. The van der Waals surface area contributed by atoms with Gasteiger partial charge in [0, 0.05) is 23.2 Å². The van der Waals surface area contributed by atoms with E-state index in [2.05, 4.69) is 31.1 Å². The first kappa shape index (κ1) is 19.6. The van der Waals surface area contributed by atoms with E-state index in [1.165, 1.54) is 15.8 Å². The third kappa shape index (κ3) is 4.02. The van der Waals surface area contributed by atoms with Gasteiger partial charge >= 0.3 is 0 Å². The van der Waals surface area contributed by atoms with Crippen molar-refractivity contribution in [1.82, 2.24) is 15.0 Å². The van der Waals surface area contributed by atoms with E-state index in [9.17, 15) is 0 Å². The molecule has 0 aliphatic carbocycles. The summed E-state index contributed by atoms with van der Waals surface area (Å²) in [7, 11) is 0. The van der Waals surface area contributed by atoms with Crippen LogP contribution in [0.25, 0.3) is 10.2 Å². The lowest BCUT2D eigenvalue weighted by Crippen LogP contribution is -2.33. The Morgan fingerprint density at radius 1 is 1.29 bits per heavy atom. The molecule has 1 aliphatic rings. The number of pyridine rings is 1.